The van der Waals surface area contributed by atoms with Crippen LogP contribution in [0.3, 0.4) is 0 Å². The van der Waals surface area contributed by atoms with E-state index < -0.39 is 0 Å². The summed E-state index contributed by atoms with van der Waals surface area (Å²) in [6.07, 6.45) is 3.36. The van der Waals surface area contributed by atoms with Crippen LogP contribution >= 0.6 is 0 Å². The van der Waals surface area contributed by atoms with E-state index in [1.54, 1.807) is 0 Å². The number of rotatable bonds is 10. The number of anilines is 2. The SMILES string of the molecule is CCCNc1cc(NC(C)CCC)nc(COCC)n1. The molecule has 114 valence electrons. The van der Waals surface area contributed by atoms with Crippen LogP contribution in [-0.4, -0.2) is 29.2 Å². The maximum Gasteiger partial charge on any atom is 0.158 e. The Morgan fingerprint density at radius 1 is 1.15 bits per heavy atom. The molecule has 0 aliphatic carbocycles. The average molecular weight is 280 g/mol. The molecule has 0 aliphatic rings. The van der Waals surface area contributed by atoms with Gasteiger partial charge in [-0.3, -0.25) is 0 Å². The largest absolute Gasteiger partial charge is 0.374 e. The van der Waals surface area contributed by atoms with Crippen LogP contribution in [-0.2, 0) is 11.3 Å². The fourth-order valence-corrected chi connectivity index (χ4v) is 1.93. The Labute approximate surface area is 122 Å². The molecule has 5 nitrogen and oxygen atoms in total. The molecule has 0 saturated carbocycles. The van der Waals surface area contributed by atoms with Crippen LogP contribution in [0.1, 0.15) is 52.8 Å². The summed E-state index contributed by atoms with van der Waals surface area (Å²) in [4.78, 5) is 8.99. The topological polar surface area (TPSA) is 59.1 Å². The fourth-order valence-electron chi connectivity index (χ4n) is 1.93. The van der Waals surface area contributed by atoms with E-state index in [1.807, 2.05) is 13.0 Å². The van der Waals surface area contributed by atoms with Crippen LogP contribution in [0.4, 0.5) is 11.6 Å². The van der Waals surface area contributed by atoms with Crippen LogP contribution in [0.2, 0.25) is 0 Å². The summed E-state index contributed by atoms with van der Waals surface area (Å²) in [5.74, 6) is 2.45. The Kier molecular flexibility index (Phi) is 7.95. The predicted molar refractivity (Wildman–Crippen MR) is 84.1 cm³/mol. The maximum absolute atomic E-state index is 5.41. The maximum atomic E-state index is 5.41. The third kappa shape index (κ3) is 6.19. The summed E-state index contributed by atoms with van der Waals surface area (Å²) in [7, 11) is 0. The van der Waals surface area contributed by atoms with Crippen LogP contribution in [0, 0.1) is 0 Å². The van der Waals surface area contributed by atoms with Gasteiger partial charge in [-0.25, -0.2) is 9.97 Å². The summed E-state index contributed by atoms with van der Waals surface area (Å²) < 4.78 is 5.41. The molecule has 0 bridgehead atoms. The molecule has 0 saturated heterocycles. The molecular formula is C15H28N4O. The predicted octanol–water partition coefficient (Wildman–Crippen LogP) is 3.44. The standard InChI is InChI=1S/C15H28N4O/c1-5-8-12(4)17-14-10-13(16-9-6-2)18-15(19-14)11-20-7-3/h10,12H,5-9,11H2,1-4H3,(H2,16,17,18,19). The molecule has 0 radical (unpaired) electrons. The third-order valence-electron chi connectivity index (χ3n) is 2.88. The van der Waals surface area contributed by atoms with Crippen molar-refractivity contribution in [2.75, 3.05) is 23.8 Å². The van der Waals surface area contributed by atoms with Gasteiger partial charge in [0, 0.05) is 25.3 Å². The summed E-state index contributed by atoms with van der Waals surface area (Å²) in [6.45, 7) is 10.5. The van der Waals surface area contributed by atoms with Crippen LogP contribution in [0.25, 0.3) is 0 Å². The monoisotopic (exact) mass is 280 g/mol. The molecule has 5 heteroatoms. The molecule has 1 heterocycles. The quantitative estimate of drug-likeness (QED) is 0.687. The van der Waals surface area contributed by atoms with Gasteiger partial charge >= 0.3 is 0 Å². The minimum absolute atomic E-state index is 0.411. The van der Waals surface area contributed by atoms with Gasteiger partial charge in [-0.1, -0.05) is 20.3 Å². The molecule has 0 fully saturated rings. The first-order chi connectivity index (χ1) is 9.69. The summed E-state index contributed by atoms with van der Waals surface area (Å²) in [6, 6.07) is 2.38. The molecule has 2 N–H and O–H groups in total. The van der Waals surface area contributed by atoms with E-state index >= 15 is 0 Å². The molecule has 20 heavy (non-hydrogen) atoms. The fraction of sp³-hybridized carbons (Fsp3) is 0.733. The average Bonchev–Trinajstić information content (AvgIpc) is 2.43. The first-order valence-corrected chi connectivity index (χ1v) is 7.65. The lowest BCUT2D eigenvalue weighted by Gasteiger charge is -2.15. The summed E-state index contributed by atoms with van der Waals surface area (Å²) in [5, 5.41) is 6.74. The first-order valence-electron chi connectivity index (χ1n) is 7.65. The number of ether oxygens (including phenoxy) is 1. The van der Waals surface area contributed by atoms with Crippen molar-refractivity contribution in [3.05, 3.63) is 11.9 Å². The zero-order valence-electron chi connectivity index (χ0n) is 13.2. The van der Waals surface area contributed by atoms with Crippen LogP contribution < -0.4 is 10.6 Å². The highest BCUT2D eigenvalue weighted by Crippen LogP contribution is 2.14. The van der Waals surface area contributed by atoms with Crippen molar-refractivity contribution in [1.29, 1.82) is 0 Å². The van der Waals surface area contributed by atoms with Crippen molar-refractivity contribution in [1.82, 2.24) is 9.97 Å². The second-order valence-corrected chi connectivity index (χ2v) is 4.95. The molecule has 1 atom stereocenters. The van der Waals surface area contributed by atoms with Crippen LogP contribution in [0.15, 0.2) is 6.07 Å². The van der Waals surface area contributed by atoms with Gasteiger partial charge in [0.25, 0.3) is 0 Å². The second-order valence-electron chi connectivity index (χ2n) is 4.95. The highest BCUT2D eigenvalue weighted by atomic mass is 16.5. The highest BCUT2D eigenvalue weighted by molar-refractivity contribution is 5.48. The molecule has 1 aromatic rings. The Morgan fingerprint density at radius 3 is 2.55 bits per heavy atom. The van der Waals surface area contributed by atoms with E-state index in [2.05, 4.69) is 41.4 Å². The Morgan fingerprint density at radius 2 is 1.90 bits per heavy atom. The van der Waals surface area contributed by atoms with Gasteiger partial charge in [0.15, 0.2) is 5.82 Å². The Balaban J connectivity index is 2.78. The zero-order valence-corrected chi connectivity index (χ0v) is 13.2. The molecule has 1 aromatic heterocycles. The van der Waals surface area contributed by atoms with Gasteiger partial charge in [-0.15, -0.1) is 0 Å². The van der Waals surface area contributed by atoms with E-state index in [0.717, 1.165) is 43.3 Å². The third-order valence-corrected chi connectivity index (χ3v) is 2.88. The molecule has 0 aliphatic heterocycles. The molecule has 0 spiro atoms. The number of aromatic nitrogens is 2. The second kappa shape index (κ2) is 9.53. The van der Waals surface area contributed by atoms with Gasteiger partial charge in [0.2, 0.25) is 0 Å². The lowest BCUT2D eigenvalue weighted by atomic mass is 10.2. The number of nitrogens with zero attached hydrogens (tertiary/aromatic N) is 2. The number of nitrogens with one attached hydrogen (secondary N) is 2. The Bertz CT molecular complexity index is 358. The molecule has 0 amide bonds. The van der Waals surface area contributed by atoms with Crippen molar-refractivity contribution >= 4 is 11.6 Å². The molecule has 1 rings (SSSR count). The number of hydrogen-bond donors (Lipinski definition) is 2. The summed E-state index contributed by atoms with van der Waals surface area (Å²) >= 11 is 0. The van der Waals surface area contributed by atoms with Crippen LogP contribution in [0.5, 0.6) is 0 Å². The van der Waals surface area contributed by atoms with Gasteiger partial charge in [0.1, 0.15) is 18.2 Å². The lowest BCUT2D eigenvalue weighted by Crippen LogP contribution is -2.17. The smallest absolute Gasteiger partial charge is 0.158 e. The summed E-state index contributed by atoms with van der Waals surface area (Å²) in [5.41, 5.74) is 0. The van der Waals surface area contributed by atoms with E-state index in [1.165, 1.54) is 0 Å². The number of hydrogen-bond acceptors (Lipinski definition) is 5. The van der Waals surface area contributed by atoms with Crippen molar-refractivity contribution in [2.45, 2.75) is 59.6 Å². The minimum Gasteiger partial charge on any atom is -0.374 e. The van der Waals surface area contributed by atoms with Crippen molar-refractivity contribution in [3.63, 3.8) is 0 Å². The highest BCUT2D eigenvalue weighted by Gasteiger charge is 2.07. The van der Waals surface area contributed by atoms with E-state index in [4.69, 9.17) is 4.74 Å². The van der Waals surface area contributed by atoms with E-state index in [0.29, 0.717) is 19.3 Å². The molecule has 1 unspecified atom stereocenters. The van der Waals surface area contributed by atoms with E-state index in [9.17, 15) is 0 Å². The lowest BCUT2D eigenvalue weighted by molar-refractivity contribution is 0.128. The van der Waals surface area contributed by atoms with Gasteiger partial charge < -0.3 is 15.4 Å². The van der Waals surface area contributed by atoms with Crippen molar-refractivity contribution < 1.29 is 4.74 Å². The zero-order chi connectivity index (χ0) is 14.8. The first kappa shape index (κ1) is 16.7. The van der Waals surface area contributed by atoms with Gasteiger partial charge in [0.05, 0.1) is 0 Å². The van der Waals surface area contributed by atoms with Gasteiger partial charge in [-0.2, -0.15) is 0 Å². The minimum atomic E-state index is 0.411. The Hall–Kier alpha value is -1.36. The normalized spacial score (nSPS) is 12.2. The van der Waals surface area contributed by atoms with Crippen molar-refractivity contribution in [3.8, 4) is 0 Å². The van der Waals surface area contributed by atoms with E-state index in [-0.39, 0.29) is 0 Å². The molecular weight excluding hydrogens is 252 g/mol. The molecule has 0 aromatic carbocycles. The van der Waals surface area contributed by atoms with Gasteiger partial charge in [-0.05, 0) is 26.7 Å². The van der Waals surface area contributed by atoms with Crippen molar-refractivity contribution in [2.24, 2.45) is 0 Å².